The number of carbonyl (C=O) groups excluding carboxylic acids is 1. The van der Waals surface area contributed by atoms with Crippen molar-refractivity contribution in [2.45, 2.75) is 0 Å². The van der Waals surface area contributed by atoms with Crippen LogP contribution < -0.4 is 5.43 Å². The highest BCUT2D eigenvalue weighted by Gasteiger charge is 2.02. The summed E-state index contributed by atoms with van der Waals surface area (Å²) in [6.45, 7) is 0.492. The quantitative estimate of drug-likeness (QED) is 0.275. The highest BCUT2D eigenvalue weighted by Crippen LogP contribution is 2.03. The van der Waals surface area contributed by atoms with E-state index in [1.807, 2.05) is 0 Å². The maximum absolute atomic E-state index is 11.2. The van der Waals surface area contributed by atoms with Gasteiger partial charge in [-0.1, -0.05) is 12.1 Å². The summed E-state index contributed by atoms with van der Waals surface area (Å²) in [6.07, 6.45) is 1.65. The molecule has 1 rings (SSSR count). The second kappa shape index (κ2) is 6.93. The zero-order valence-corrected chi connectivity index (χ0v) is 10.5. The van der Waals surface area contributed by atoms with Crippen molar-refractivity contribution in [2.24, 2.45) is 5.10 Å². The molecule has 92 valence electrons. The zero-order chi connectivity index (χ0) is 12.7. The average molecular weight is 252 g/mol. The molecular formula is C11H14N3O2S-. The summed E-state index contributed by atoms with van der Waals surface area (Å²) in [7, 11) is 3.12. The predicted molar refractivity (Wildman–Crippen MR) is 68.5 cm³/mol. The summed E-state index contributed by atoms with van der Waals surface area (Å²) in [4.78, 5) is 11.2. The molecule has 0 saturated heterocycles. The maximum Gasteiger partial charge on any atom is 0.337 e. The Balaban J connectivity index is 2.53. The van der Waals surface area contributed by atoms with Gasteiger partial charge < -0.3 is 21.9 Å². The van der Waals surface area contributed by atoms with Crippen LogP contribution in [0.2, 0.25) is 0 Å². The van der Waals surface area contributed by atoms with E-state index in [2.05, 4.69) is 15.3 Å². The first kappa shape index (κ1) is 13.5. The highest BCUT2D eigenvalue weighted by atomic mass is 32.1. The fourth-order valence-corrected chi connectivity index (χ4v) is 1.14. The maximum atomic E-state index is 11.2. The fraction of sp³-hybridized carbons (Fsp3) is 0.273. The van der Waals surface area contributed by atoms with E-state index in [0.717, 1.165) is 5.56 Å². The molecule has 1 N–H and O–H groups in total. The topological polar surface area (TPSA) is 53.9 Å². The van der Waals surface area contributed by atoms with Crippen molar-refractivity contribution in [3.05, 3.63) is 35.4 Å². The monoisotopic (exact) mass is 252 g/mol. The number of rotatable bonds is 5. The summed E-state index contributed by atoms with van der Waals surface area (Å²) in [5, 5.41) is 3.98. The van der Waals surface area contributed by atoms with Gasteiger partial charge in [-0.25, -0.2) is 4.79 Å². The summed E-state index contributed by atoms with van der Waals surface area (Å²) in [5.41, 5.74) is 4.18. The van der Waals surface area contributed by atoms with E-state index in [0.29, 0.717) is 12.2 Å². The lowest BCUT2D eigenvalue weighted by Gasteiger charge is -2.21. The predicted octanol–water partition coefficient (Wildman–Crippen LogP) is 0.748. The van der Waals surface area contributed by atoms with Gasteiger partial charge in [0, 0.05) is 0 Å². The van der Waals surface area contributed by atoms with Gasteiger partial charge in [0.2, 0.25) is 0 Å². The molecule has 0 bridgehead atoms. The molecule has 0 aliphatic carbocycles. The van der Waals surface area contributed by atoms with Gasteiger partial charge in [-0.05, 0) is 24.7 Å². The van der Waals surface area contributed by atoms with E-state index in [9.17, 15) is 4.79 Å². The number of benzene rings is 1. The minimum atomic E-state index is -0.348. The van der Waals surface area contributed by atoms with Crippen molar-refractivity contribution in [3.63, 3.8) is 0 Å². The number of hydrazone groups is 1. The summed E-state index contributed by atoms with van der Waals surface area (Å²) in [5.74, 6) is -0.348. The number of nitrogens with one attached hydrogen (secondary N) is 1. The first-order chi connectivity index (χ1) is 8.13. The molecule has 0 aliphatic heterocycles. The van der Waals surface area contributed by atoms with Crippen molar-refractivity contribution in [2.75, 3.05) is 20.8 Å². The van der Waals surface area contributed by atoms with Gasteiger partial charge in [0.25, 0.3) is 0 Å². The van der Waals surface area contributed by atoms with Gasteiger partial charge in [0.1, 0.15) is 0 Å². The molecule has 0 aliphatic rings. The molecule has 0 unspecified atom stereocenters. The van der Waals surface area contributed by atoms with E-state index in [4.69, 9.17) is 12.8 Å². The first-order valence-electron chi connectivity index (χ1n) is 4.96. The number of carbonyl (C=O) groups is 1. The van der Waals surface area contributed by atoms with Crippen LogP contribution in [-0.2, 0) is 17.6 Å². The van der Waals surface area contributed by atoms with Crippen molar-refractivity contribution in [3.8, 4) is 0 Å². The molecule has 0 radical (unpaired) electrons. The van der Waals surface area contributed by atoms with Crippen LogP contribution in [0, 0.1) is 0 Å². The Labute approximate surface area is 106 Å². The van der Waals surface area contributed by atoms with Crippen LogP contribution in [0.25, 0.3) is 0 Å². The van der Waals surface area contributed by atoms with E-state index in [1.54, 1.807) is 41.8 Å². The molecule has 0 aromatic heterocycles. The van der Waals surface area contributed by atoms with Crippen molar-refractivity contribution in [1.82, 2.24) is 9.73 Å². The minimum Gasteiger partial charge on any atom is -0.700 e. The minimum absolute atomic E-state index is 0.348. The number of hydrogen-bond donors (Lipinski definition) is 1. The molecule has 0 atom stereocenters. The molecule has 6 heteroatoms. The molecule has 0 heterocycles. The Morgan fingerprint density at radius 2 is 2.18 bits per heavy atom. The Bertz CT molecular complexity index is 390. The molecule has 5 nitrogen and oxygen atoms in total. The van der Waals surface area contributed by atoms with Crippen LogP contribution in [0.3, 0.4) is 0 Å². The molecule has 0 fully saturated rings. The third-order valence-electron chi connectivity index (χ3n) is 1.93. The second-order valence-corrected chi connectivity index (χ2v) is 3.94. The second-order valence-electron chi connectivity index (χ2n) is 3.32. The van der Waals surface area contributed by atoms with Crippen LogP contribution in [0.1, 0.15) is 15.9 Å². The van der Waals surface area contributed by atoms with Crippen molar-refractivity contribution in [1.29, 1.82) is 0 Å². The van der Waals surface area contributed by atoms with Crippen LogP contribution in [0.5, 0.6) is 0 Å². The number of esters is 1. The van der Waals surface area contributed by atoms with Crippen molar-refractivity contribution >= 4 is 25.0 Å². The van der Waals surface area contributed by atoms with Gasteiger partial charge in [-0.15, -0.1) is 0 Å². The van der Waals surface area contributed by atoms with E-state index in [-0.39, 0.29) is 5.97 Å². The van der Waals surface area contributed by atoms with Gasteiger partial charge in [-0.3, -0.25) is 5.43 Å². The third-order valence-corrected chi connectivity index (χ3v) is 2.06. The van der Waals surface area contributed by atoms with Crippen molar-refractivity contribution < 1.29 is 9.53 Å². The standard InChI is InChI=1S/C11H14N3O2S/c1-14(17)8-13-12-7-9-3-5-10(6-4-9)11(15)16-2/h3-7,13H,8H2,1-2H3/q-1/b12-7+. The highest BCUT2D eigenvalue weighted by molar-refractivity contribution is 7.55. The molecule has 17 heavy (non-hydrogen) atoms. The summed E-state index contributed by atoms with van der Waals surface area (Å²) < 4.78 is 6.15. The first-order valence-corrected chi connectivity index (χ1v) is 5.32. The van der Waals surface area contributed by atoms with Crippen LogP contribution in [-0.4, -0.2) is 37.3 Å². The fourth-order valence-electron chi connectivity index (χ4n) is 1.08. The largest absolute Gasteiger partial charge is 0.700 e. The normalized spacial score (nSPS) is 10.8. The number of hydrogen-bond acceptors (Lipinski definition) is 6. The van der Waals surface area contributed by atoms with Gasteiger partial charge >= 0.3 is 5.97 Å². The Morgan fingerprint density at radius 1 is 1.53 bits per heavy atom. The molecule has 0 saturated carbocycles. The lowest BCUT2D eigenvalue weighted by atomic mass is 10.1. The Hall–Kier alpha value is -1.53. The van der Waals surface area contributed by atoms with Crippen LogP contribution in [0.15, 0.2) is 29.4 Å². The Morgan fingerprint density at radius 3 is 2.71 bits per heavy atom. The average Bonchev–Trinajstić information content (AvgIpc) is 2.34. The summed E-state index contributed by atoms with van der Waals surface area (Å²) >= 11 is 4.81. The smallest absolute Gasteiger partial charge is 0.337 e. The van der Waals surface area contributed by atoms with E-state index >= 15 is 0 Å². The van der Waals surface area contributed by atoms with E-state index < -0.39 is 0 Å². The molecule has 0 spiro atoms. The van der Waals surface area contributed by atoms with Gasteiger partial charge in [0.15, 0.2) is 0 Å². The summed E-state index contributed by atoms with van der Waals surface area (Å²) in [6, 6.07) is 6.95. The molecular weight excluding hydrogens is 238 g/mol. The number of ether oxygens (including phenoxy) is 1. The lowest BCUT2D eigenvalue weighted by molar-refractivity contribution is 0.0601. The number of nitrogens with zero attached hydrogens (tertiary/aromatic N) is 2. The third kappa shape index (κ3) is 4.88. The van der Waals surface area contributed by atoms with Crippen LogP contribution >= 0.6 is 0 Å². The molecule has 0 amide bonds. The lowest BCUT2D eigenvalue weighted by Crippen LogP contribution is -2.22. The van der Waals surface area contributed by atoms with E-state index in [1.165, 1.54) is 7.11 Å². The Kier molecular flexibility index (Phi) is 5.51. The SMILES string of the molecule is COC(=O)c1ccc(/C=N/NCN(C)[S-])cc1. The molecule has 1 aromatic carbocycles. The van der Waals surface area contributed by atoms with Crippen LogP contribution in [0.4, 0.5) is 0 Å². The molecule has 1 aromatic rings. The van der Waals surface area contributed by atoms with Gasteiger partial charge in [0.05, 0.1) is 25.6 Å². The van der Waals surface area contributed by atoms with Gasteiger partial charge in [-0.2, -0.15) is 5.10 Å². The zero-order valence-electron chi connectivity index (χ0n) is 9.71. The number of methoxy groups -OCH3 is 1.